The molecule has 4 nitrogen and oxygen atoms in total. The van der Waals surface area contributed by atoms with Gasteiger partial charge < -0.3 is 10.6 Å². The van der Waals surface area contributed by atoms with Crippen molar-refractivity contribution in [2.45, 2.75) is 0 Å². The summed E-state index contributed by atoms with van der Waals surface area (Å²) in [7, 11) is 0. The molecule has 2 rings (SSSR count). The van der Waals surface area contributed by atoms with Gasteiger partial charge in [0.15, 0.2) is 0 Å². The monoisotopic (exact) mass is 413 g/mol. The summed E-state index contributed by atoms with van der Waals surface area (Å²) in [4.78, 5) is 11.9. The van der Waals surface area contributed by atoms with Crippen LogP contribution in [-0.2, 0) is 0 Å². The highest BCUT2D eigenvalue weighted by Gasteiger charge is 2.07. The Morgan fingerprint density at radius 3 is 2.44 bits per heavy atom. The molecule has 0 atom stereocenters. The molecule has 2 aromatic carbocycles. The average Bonchev–Trinajstić information content (AvgIpc) is 2.57. The van der Waals surface area contributed by atoms with Crippen molar-refractivity contribution in [1.82, 2.24) is 5.32 Å². The zero-order chi connectivity index (χ0) is 18.4. The number of amides is 2. The third-order valence-electron chi connectivity index (χ3n) is 3.05. The van der Waals surface area contributed by atoms with Gasteiger partial charge in [0.25, 0.3) is 0 Å². The molecule has 8 heteroatoms. The summed E-state index contributed by atoms with van der Waals surface area (Å²) < 4.78 is 0. The number of carbonyl (C=O) groups excluding carboxylic acids is 1. The first-order chi connectivity index (χ1) is 11.9. The molecule has 0 saturated heterocycles. The van der Waals surface area contributed by atoms with Crippen LogP contribution < -0.4 is 10.6 Å². The van der Waals surface area contributed by atoms with Gasteiger partial charge in [0.1, 0.15) is 0 Å². The first-order valence-electron chi connectivity index (χ1n) is 6.94. The van der Waals surface area contributed by atoms with Gasteiger partial charge in [-0.25, -0.2) is 4.79 Å². The molecule has 2 N–H and O–H groups in total. The van der Waals surface area contributed by atoms with Gasteiger partial charge in [-0.2, -0.15) is 5.26 Å². The van der Waals surface area contributed by atoms with Gasteiger partial charge in [-0.1, -0.05) is 52.5 Å². The number of hydrogen-bond acceptors (Lipinski definition) is 2. The van der Waals surface area contributed by atoms with Crippen LogP contribution in [0.5, 0.6) is 0 Å². The minimum absolute atomic E-state index is 0.0355. The second-order valence-electron chi connectivity index (χ2n) is 4.89. The molecule has 0 radical (unpaired) electrons. The number of rotatable bonds is 4. The molecule has 2 aromatic rings. The minimum atomic E-state index is -0.500. The lowest BCUT2D eigenvalue weighted by Crippen LogP contribution is -2.30. The van der Waals surface area contributed by atoms with Gasteiger partial charge in [-0.15, -0.1) is 0 Å². The molecule has 0 aromatic heterocycles. The number of hydrogen-bond donors (Lipinski definition) is 2. The summed E-state index contributed by atoms with van der Waals surface area (Å²) in [5, 5.41) is 16.0. The van der Waals surface area contributed by atoms with Gasteiger partial charge in [-0.05, 0) is 42.0 Å². The third-order valence-corrected chi connectivity index (χ3v) is 4.33. The summed E-state index contributed by atoms with van der Waals surface area (Å²) in [6, 6.07) is 11.2. The van der Waals surface area contributed by atoms with Crippen molar-refractivity contribution in [3.63, 3.8) is 0 Å². The van der Waals surface area contributed by atoms with Crippen molar-refractivity contribution in [1.29, 1.82) is 5.26 Å². The lowest BCUT2D eigenvalue weighted by atomic mass is 10.1. The van der Waals surface area contributed by atoms with E-state index in [0.29, 0.717) is 36.9 Å². The van der Waals surface area contributed by atoms with E-state index in [2.05, 4.69) is 10.6 Å². The van der Waals surface area contributed by atoms with Crippen molar-refractivity contribution in [2.75, 3.05) is 11.9 Å². The number of nitriles is 1. The summed E-state index contributed by atoms with van der Waals surface area (Å²) in [5.74, 6) is 0. The normalized spacial score (nSPS) is 10.9. The van der Waals surface area contributed by atoms with Crippen LogP contribution in [0.4, 0.5) is 10.5 Å². The summed E-state index contributed by atoms with van der Waals surface area (Å²) >= 11 is 23.6. The van der Waals surface area contributed by atoms with Crippen LogP contribution in [0.15, 0.2) is 42.0 Å². The largest absolute Gasteiger partial charge is 0.333 e. The Hall–Kier alpha value is -1.90. The Balaban J connectivity index is 2.00. The fourth-order valence-corrected chi connectivity index (χ4v) is 2.62. The molecular weight excluding hydrogens is 404 g/mol. The molecule has 0 bridgehead atoms. The Bertz CT molecular complexity index is 875. The maximum Gasteiger partial charge on any atom is 0.319 e. The highest BCUT2D eigenvalue weighted by Crippen LogP contribution is 2.25. The Morgan fingerprint density at radius 2 is 1.80 bits per heavy atom. The summed E-state index contributed by atoms with van der Waals surface area (Å²) in [6.45, 7) is 0.0355. The van der Waals surface area contributed by atoms with Crippen LogP contribution in [0.3, 0.4) is 0 Å². The predicted octanol–water partition coefficient (Wildman–Crippen LogP) is 6.03. The fourth-order valence-electron chi connectivity index (χ4n) is 1.86. The standard InChI is InChI=1S/C17H11Cl4N3O/c18-12-2-4-16(15(21)7-12)24-17(25)23-9-11(8-22)5-10-1-3-13(19)14(20)6-10/h1-7H,9H2,(H2,23,24,25)/b11-5-. The van der Waals surface area contributed by atoms with E-state index in [1.54, 1.807) is 36.4 Å². The molecule has 0 fully saturated rings. The zero-order valence-electron chi connectivity index (χ0n) is 12.6. The van der Waals surface area contributed by atoms with E-state index in [4.69, 9.17) is 46.4 Å². The molecule has 0 aliphatic rings. The molecule has 0 aliphatic carbocycles. The van der Waals surface area contributed by atoms with Gasteiger partial charge in [0.2, 0.25) is 0 Å². The topological polar surface area (TPSA) is 64.9 Å². The number of halogens is 4. The number of carbonyl (C=O) groups is 1. The lowest BCUT2D eigenvalue weighted by Gasteiger charge is -2.09. The third kappa shape index (κ3) is 5.84. The molecule has 128 valence electrons. The number of anilines is 1. The maximum atomic E-state index is 11.9. The molecule has 0 aliphatic heterocycles. The molecular formula is C17H11Cl4N3O. The molecule has 25 heavy (non-hydrogen) atoms. The van der Waals surface area contributed by atoms with Gasteiger partial charge in [0, 0.05) is 10.6 Å². The molecule has 0 saturated carbocycles. The second kappa shape index (κ2) is 8.98. The van der Waals surface area contributed by atoms with Crippen molar-refractivity contribution in [3.05, 3.63) is 67.6 Å². The van der Waals surface area contributed by atoms with Crippen molar-refractivity contribution in [2.24, 2.45) is 0 Å². The van der Waals surface area contributed by atoms with E-state index in [1.807, 2.05) is 6.07 Å². The van der Waals surface area contributed by atoms with E-state index in [-0.39, 0.29) is 6.54 Å². The number of nitrogens with one attached hydrogen (secondary N) is 2. The number of urea groups is 1. The highest BCUT2D eigenvalue weighted by molar-refractivity contribution is 6.42. The van der Waals surface area contributed by atoms with Crippen LogP contribution in [0, 0.1) is 11.3 Å². The van der Waals surface area contributed by atoms with Crippen LogP contribution >= 0.6 is 46.4 Å². The SMILES string of the molecule is N#C/C(=C/c1ccc(Cl)c(Cl)c1)CNC(=O)Nc1ccc(Cl)cc1Cl. The van der Waals surface area contributed by atoms with E-state index >= 15 is 0 Å². The van der Waals surface area contributed by atoms with Gasteiger partial charge in [-0.3, -0.25) is 0 Å². The smallest absolute Gasteiger partial charge is 0.319 e. The highest BCUT2D eigenvalue weighted by atomic mass is 35.5. The van der Waals surface area contributed by atoms with Crippen molar-refractivity contribution in [3.8, 4) is 6.07 Å². The maximum absolute atomic E-state index is 11.9. The van der Waals surface area contributed by atoms with E-state index in [0.717, 1.165) is 0 Å². The van der Waals surface area contributed by atoms with E-state index < -0.39 is 6.03 Å². The zero-order valence-corrected chi connectivity index (χ0v) is 15.6. The average molecular weight is 415 g/mol. The summed E-state index contributed by atoms with van der Waals surface area (Å²) in [5.41, 5.74) is 1.46. The van der Waals surface area contributed by atoms with Crippen LogP contribution in [0.1, 0.15) is 5.56 Å². The van der Waals surface area contributed by atoms with Gasteiger partial charge in [0.05, 0.1) is 33.4 Å². The quantitative estimate of drug-likeness (QED) is 0.599. The molecule has 0 unspecified atom stereocenters. The lowest BCUT2D eigenvalue weighted by molar-refractivity contribution is 0.253. The van der Waals surface area contributed by atoms with E-state index in [9.17, 15) is 10.1 Å². The minimum Gasteiger partial charge on any atom is -0.333 e. The molecule has 0 heterocycles. The number of nitrogens with zero attached hydrogens (tertiary/aromatic N) is 1. The van der Waals surface area contributed by atoms with Crippen LogP contribution in [0.2, 0.25) is 20.1 Å². The first-order valence-corrected chi connectivity index (χ1v) is 8.46. The summed E-state index contributed by atoms with van der Waals surface area (Å²) in [6.07, 6.45) is 1.61. The van der Waals surface area contributed by atoms with Crippen LogP contribution in [0.25, 0.3) is 6.08 Å². The fraction of sp³-hybridized carbons (Fsp3) is 0.0588. The second-order valence-corrected chi connectivity index (χ2v) is 6.54. The molecule has 0 spiro atoms. The Morgan fingerprint density at radius 1 is 1.04 bits per heavy atom. The van der Waals surface area contributed by atoms with Crippen molar-refractivity contribution < 1.29 is 4.79 Å². The predicted molar refractivity (Wildman–Crippen MR) is 104 cm³/mol. The Kier molecular flexibility index (Phi) is 6.98. The first kappa shape index (κ1) is 19.4. The molecule has 2 amide bonds. The Labute approximate surface area is 164 Å². The van der Waals surface area contributed by atoms with Crippen molar-refractivity contribution >= 4 is 64.2 Å². The van der Waals surface area contributed by atoms with E-state index in [1.165, 1.54) is 6.07 Å². The number of benzene rings is 2. The van der Waals surface area contributed by atoms with Crippen LogP contribution in [-0.4, -0.2) is 12.6 Å². The van der Waals surface area contributed by atoms with Gasteiger partial charge >= 0.3 is 6.03 Å².